The van der Waals surface area contributed by atoms with Gasteiger partial charge in [-0.05, 0) is 18.9 Å². The topological polar surface area (TPSA) is 81.4 Å². The van der Waals surface area contributed by atoms with Crippen LogP contribution >= 0.6 is 11.3 Å². The van der Waals surface area contributed by atoms with Crippen LogP contribution in [0.1, 0.15) is 17.7 Å². The molecule has 2 rings (SSSR count). The van der Waals surface area contributed by atoms with Gasteiger partial charge >= 0.3 is 0 Å². The van der Waals surface area contributed by atoms with Crippen molar-refractivity contribution < 1.29 is 13.2 Å². The molecule has 3 N–H and O–H groups in total. The fraction of sp³-hybridized carbons (Fsp3) is 0.600. The Labute approximate surface area is 105 Å². The largest absolute Gasteiger partial charge is 0.381 e. The fourth-order valence-electron chi connectivity index (χ4n) is 1.71. The molecule has 1 aliphatic heterocycles. The number of rotatable bonds is 4. The maximum absolute atomic E-state index is 12.0. The van der Waals surface area contributed by atoms with Crippen LogP contribution in [0.4, 0.5) is 0 Å². The van der Waals surface area contributed by atoms with E-state index in [0.29, 0.717) is 24.7 Å². The third-order valence-electron chi connectivity index (χ3n) is 2.68. The summed E-state index contributed by atoms with van der Waals surface area (Å²) in [6.45, 7) is 1.60. The summed E-state index contributed by atoms with van der Waals surface area (Å²) in [5.74, 6) is 0. The SMILES string of the molecule is NCc1cc(S(=O)(=O)NC2CCOCC2)cs1. The standard InChI is InChI=1S/C10H16N2O3S2/c11-6-9-5-10(7-16-9)17(13,14)12-8-1-3-15-4-2-8/h5,7-8,12H,1-4,6,11H2. The molecule has 1 aromatic heterocycles. The molecule has 0 saturated carbocycles. The molecular formula is C10H16N2O3S2. The third kappa shape index (κ3) is 3.26. The van der Waals surface area contributed by atoms with Gasteiger partial charge in [-0.15, -0.1) is 11.3 Å². The Morgan fingerprint density at radius 2 is 2.18 bits per heavy atom. The zero-order chi connectivity index (χ0) is 12.3. The van der Waals surface area contributed by atoms with E-state index in [9.17, 15) is 8.42 Å². The molecule has 1 aliphatic rings. The number of hydrogen-bond acceptors (Lipinski definition) is 5. The Balaban J connectivity index is 2.07. The molecule has 5 nitrogen and oxygen atoms in total. The minimum absolute atomic E-state index is 0.0185. The van der Waals surface area contributed by atoms with E-state index in [1.54, 1.807) is 11.4 Å². The molecule has 0 atom stereocenters. The number of nitrogens with one attached hydrogen (secondary N) is 1. The molecular weight excluding hydrogens is 260 g/mol. The molecule has 0 bridgehead atoms. The molecule has 0 aliphatic carbocycles. The lowest BCUT2D eigenvalue weighted by atomic mass is 10.1. The average molecular weight is 276 g/mol. The predicted octanol–water partition coefficient (Wildman–Crippen LogP) is 0.664. The van der Waals surface area contributed by atoms with Crippen LogP contribution in [0.25, 0.3) is 0 Å². The normalized spacial score (nSPS) is 18.4. The lowest BCUT2D eigenvalue weighted by Gasteiger charge is -2.22. The zero-order valence-electron chi connectivity index (χ0n) is 9.39. The number of sulfonamides is 1. The van der Waals surface area contributed by atoms with Gasteiger partial charge in [0.25, 0.3) is 0 Å². The van der Waals surface area contributed by atoms with Gasteiger partial charge in [-0.1, -0.05) is 0 Å². The average Bonchev–Trinajstić information content (AvgIpc) is 2.79. The zero-order valence-corrected chi connectivity index (χ0v) is 11.0. The first-order chi connectivity index (χ1) is 8.12. The Bertz CT molecular complexity index is 464. The highest BCUT2D eigenvalue weighted by atomic mass is 32.2. The van der Waals surface area contributed by atoms with Crippen LogP contribution in [0, 0.1) is 0 Å². The second-order valence-corrected chi connectivity index (χ2v) is 6.67. The summed E-state index contributed by atoms with van der Waals surface area (Å²) in [6, 6.07) is 1.61. The first kappa shape index (κ1) is 13.0. The van der Waals surface area contributed by atoms with E-state index in [-0.39, 0.29) is 6.04 Å². The maximum atomic E-state index is 12.0. The number of nitrogens with two attached hydrogens (primary N) is 1. The molecule has 17 heavy (non-hydrogen) atoms. The van der Waals surface area contributed by atoms with Crippen LogP contribution in [-0.2, 0) is 21.3 Å². The Morgan fingerprint density at radius 1 is 1.47 bits per heavy atom. The van der Waals surface area contributed by atoms with Crippen LogP contribution in [0.2, 0.25) is 0 Å². The van der Waals surface area contributed by atoms with Gasteiger partial charge < -0.3 is 10.5 Å². The smallest absolute Gasteiger partial charge is 0.241 e. The van der Waals surface area contributed by atoms with E-state index < -0.39 is 10.0 Å². The van der Waals surface area contributed by atoms with E-state index in [1.807, 2.05) is 0 Å². The summed E-state index contributed by atoms with van der Waals surface area (Å²) in [5, 5.41) is 1.63. The molecule has 7 heteroatoms. The van der Waals surface area contributed by atoms with Gasteiger partial charge in [0.1, 0.15) is 0 Å². The lowest BCUT2D eigenvalue weighted by Crippen LogP contribution is -2.38. The highest BCUT2D eigenvalue weighted by Crippen LogP contribution is 2.20. The second kappa shape index (κ2) is 5.45. The minimum Gasteiger partial charge on any atom is -0.381 e. The van der Waals surface area contributed by atoms with Gasteiger partial charge in [-0.3, -0.25) is 0 Å². The van der Waals surface area contributed by atoms with Crippen molar-refractivity contribution in [1.29, 1.82) is 0 Å². The van der Waals surface area contributed by atoms with Gasteiger partial charge in [-0.25, -0.2) is 13.1 Å². The summed E-state index contributed by atoms with van der Waals surface area (Å²) in [6.07, 6.45) is 1.46. The summed E-state index contributed by atoms with van der Waals surface area (Å²) in [4.78, 5) is 1.19. The molecule has 0 unspecified atom stereocenters. The van der Waals surface area contributed by atoms with Gasteiger partial charge in [0.15, 0.2) is 0 Å². The Kier molecular flexibility index (Phi) is 4.16. The minimum atomic E-state index is -3.40. The summed E-state index contributed by atoms with van der Waals surface area (Å²) in [7, 11) is -3.40. The quantitative estimate of drug-likeness (QED) is 0.846. The molecule has 0 radical (unpaired) electrons. The summed E-state index contributed by atoms with van der Waals surface area (Å²) < 4.78 is 32.0. The van der Waals surface area contributed by atoms with Gasteiger partial charge in [0.2, 0.25) is 10.0 Å². The van der Waals surface area contributed by atoms with Gasteiger partial charge in [-0.2, -0.15) is 0 Å². The van der Waals surface area contributed by atoms with Crippen molar-refractivity contribution in [2.75, 3.05) is 13.2 Å². The van der Waals surface area contributed by atoms with Crippen molar-refractivity contribution >= 4 is 21.4 Å². The molecule has 0 aromatic carbocycles. The molecule has 2 heterocycles. The molecule has 1 aromatic rings. The summed E-state index contributed by atoms with van der Waals surface area (Å²) in [5.41, 5.74) is 5.47. The van der Waals surface area contributed by atoms with Crippen molar-refractivity contribution in [2.24, 2.45) is 5.73 Å². The van der Waals surface area contributed by atoms with E-state index in [1.165, 1.54) is 11.3 Å². The predicted molar refractivity (Wildman–Crippen MR) is 66.4 cm³/mol. The van der Waals surface area contributed by atoms with Crippen LogP contribution in [0.15, 0.2) is 16.3 Å². The van der Waals surface area contributed by atoms with Gasteiger partial charge in [0.05, 0.1) is 4.90 Å². The van der Waals surface area contributed by atoms with Crippen LogP contribution in [0.5, 0.6) is 0 Å². The maximum Gasteiger partial charge on any atom is 0.241 e. The molecule has 96 valence electrons. The van der Waals surface area contributed by atoms with Crippen molar-refractivity contribution in [3.8, 4) is 0 Å². The first-order valence-corrected chi connectivity index (χ1v) is 7.85. The highest BCUT2D eigenvalue weighted by Gasteiger charge is 2.22. The monoisotopic (exact) mass is 276 g/mol. The van der Waals surface area contributed by atoms with E-state index >= 15 is 0 Å². The fourth-order valence-corrected chi connectivity index (χ4v) is 4.17. The van der Waals surface area contributed by atoms with Crippen molar-refractivity contribution in [3.63, 3.8) is 0 Å². The molecule has 1 fully saturated rings. The van der Waals surface area contributed by atoms with Crippen LogP contribution < -0.4 is 10.5 Å². The highest BCUT2D eigenvalue weighted by molar-refractivity contribution is 7.89. The van der Waals surface area contributed by atoms with Crippen LogP contribution in [0.3, 0.4) is 0 Å². The Morgan fingerprint density at radius 3 is 2.76 bits per heavy atom. The lowest BCUT2D eigenvalue weighted by molar-refractivity contribution is 0.0832. The second-order valence-electron chi connectivity index (χ2n) is 3.96. The van der Waals surface area contributed by atoms with Crippen LogP contribution in [-0.4, -0.2) is 27.7 Å². The van der Waals surface area contributed by atoms with Crippen molar-refractivity contribution in [2.45, 2.75) is 30.3 Å². The first-order valence-electron chi connectivity index (χ1n) is 5.49. The van der Waals surface area contributed by atoms with E-state index in [2.05, 4.69) is 4.72 Å². The van der Waals surface area contributed by atoms with E-state index in [4.69, 9.17) is 10.5 Å². The van der Waals surface area contributed by atoms with Crippen molar-refractivity contribution in [1.82, 2.24) is 4.72 Å². The summed E-state index contributed by atoms with van der Waals surface area (Å²) >= 11 is 1.37. The van der Waals surface area contributed by atoms with E-state index in [0.717, 1.165) is 17.7 Å². The Hall–Kier alpha value is -0.470. The van der Waals surface area contributed by atoms with Crippen molar-refractivity contribution in [3.05, 3.63) is 16.3 Å². The number of thiophene rings is 1. The number of ether oxygens (including phenoxy) is 1. The van der Waals surface area contributed by atoms with Gasteiger partial charge in [0, 0.05) is 36.1 Å². The molecule has 0 amide bonds. The molecule has 0 spiro atoms. The molecule has 1 saturated heterocycles. The number of hydrogen-bond donors (Lipinski definition) is 2. The third-order valence-corrected chi connectivity index (χ3v) is 5.29.